The van der Waals surface area contributed by atoms with E-state index in [4.69, 9.17) is 22.1 Å². The van der Waals surface area contributed by atoms with Crippen LogP contribution < -0.4 is 10.5 Å². The van der Waals surface area contributed by atoms with Crippen LogP contribution in [0.2, 0.25) is 5.02 Å². The molecule has 4 heteroatoms. The summed E-state index contributed by atoms with van der Waals surface area (Å²) in [6, 6.07) is 8.03. The molecule has 0 atom stereocenters. The van der Waals surface area contributed by atoms with Gasteiger partial charge in [-0.1, -0.05) is 17.7 Å². The first-order valence-corrected chi connectivity index (χ1v) is 7.29. The van der Waals surface area contributed by atoms with E-state index in [1.807, 2.05) is 12.1 Å². The lowest BCUT2D eigenvalue weighted by Crippen LogP contribution is -2.03. The summed E-state index contributed by atoms with van der Waals surface area (Å²) < 4.78 is 5.82. The fraction of sp³-hybridized carbons (Fsp3) is 0.312. The van der Waals surface area contributed by atoms with E-state index in [2.05, 4.69) is 17.1 Å². The molecule has 1 aromatic carbocycles. The minimum absolute atomic E-state index is 0.377. The smallest absolute Gasteiger partial charge is 0.238 e. The molecule has 0 fully saturated rings. The monoisotopic (exact) mass is 288 g/mol. The molecule has 20 heavy (non-hydrogen) atoms. The number of rotatable bonds is 3. The van der Waals surface area contributed by atoms with Gasteiger partial charge in [0, 0.05) is 12.7 Å². The van der Waals surface area contributed by atoms with E-state index >= 15 is 0 Å². The molecule has 0 amide bonds. The molecule has 0 aliphatic heterocycles. The predicted octanol–water partition coefficient (Wildman–Crippen LogP) is 3.86. The maximum atomic E-state index is 6.23. The average molecular weight is 289 g/mol. The molecule has 1 aromatic heterocycles. The molecule has 0 saturated heterocycles. The van der Waals surface area contributed by atoms with Crippen molar-refractivity contribution >= 4 is 11.6 Å². The van der Waals surface area contributed by atoms with E-state index in [1.54, 1.807) is 6.20 Å². The van der Waals surface area contributed by atoms with Crippen LogP contribution in [0.1, 0.15) is 29.5 Å². The van der Waals surface area contributed by atoms with Gasteiger partial charge in [0.1, 0.15) is 10.8 Å². The molecule has 1 aliphatic carbocycles. The number of nitrogens with two attached hydrogens (primary N) is 1. The van der Waals surface area contributed by atoms with E-state index in [0.29, 0.717) is 17.4 Å². The zero-order valence-corrected chi connectivity index (χ0v) is 12.0. The number of fused-ring (bicyclic) bond motifs is 1. The van der Waals surface area contributed by atoms with Gasteiger partial charge in [-0.3, -0.25) is 0 Å². The van der Waals surface area contributed by atoms with E-state index < -0.39 is 0 Å². The molecular weight excluding hydrogens is 272 g/mol. The molecule has 2 aromatic rings. The average Bonchev–Trinajstić information content (AvgIpc) is 2.49. The van der Waals surface area contributed by atoms with Gasteiger partial charge in [0.15, 0.2) is 0 Å². The molecule has 104 valence electrons. The third-order valence-corrected chi connectivity index (χ3v) is 4.10. The third-order valence-electron chi connectivity index (χ3n) is 3.69. The van der Waals surface area contributed by atoms with Gasteiger partial charge in [0.25, 0.3) is 0 Å². The number of halogens is 1. The molecule has 1 aliphatic rings. The summed E-state index contributed by atoms with van der Waals surface area (Å²) in [4.78, 5) is 4.18. The van der Waals surface area contributed by atoms with Crippen molar-refractivity contribution in [2.75, 3.05) is 0 Å². The van der Waals surface area contributed by atoms with Crippen molar-refractivity contribution in [3.8, 4) is 11.6 Å². The zero-order valence-electron chi connectivity index (χ0n) is 11.2. The standard InChI is InChI=1S/C16H17ClN2O/c17-15-13(10-18)7-8-19-16(15)20-14-6-5-11-3-1-2-4-12(11)9-14/h5-9H,1-4,10,18H2. The summed E-state index contributed by atoms with van der Waals surface area (Å²) in [6.07, 6.45) is 6.48. The van der Waals surface area contributed by atoms with Gasteiger partial charge in [0.05, 0.1) is 0 Å². The van der Waals surface area contributed by atoms with Crippen molar-refractivity contribution in [3.63, 3.8) is 0 Å². The second kappa shape index (κ2) is 5.81. The third kappa shape index (κ3) is 2.65. The molecule has 0 saturated carbocycles. The van der Waals surface area contributed by atoms with Gasteiger partial charge in [-0.25, -0.2) is 4.98 Å². The number of pyridine rings is 1. The summed E-state index contributed by atoms with van der Waals surface area (Å²) in [7, 11) is 0. The van der Waals surface area contributed by atoms with Gasteiger partial charge in [0.2, 0.25) is 5.88 Å². The predicted molar refractivity (Wildman–Crippen MR) is 80.3 cm³/mol. The Kier molecular flexibility index (Phi) is 3.90. The van der Waals surface area contributed by atoms with Gasteiger partial charge in [-0.15, -0.1) is 0 Å². The van der Waals surface area contributed by atoms with Crippen LogP contribution in [0.15, 0.2) is 30.5 Å². The normalized spacial score (nSPS) is 13.9. The molecule has 0 unspecified atom stereocenters. The topological polar surface area (TPSA) is 48.1 Å². The Morgan fingerprint density at radius 1 is 1.15 bits per heavy atom. The number of ether oxygens (including phenoxy) is 1. The molecule has 1 heterocycles. The van der Waals surface area contributed by atoms with Crippen molar-refractivity contribution in [2.45, 2.75) is 32.2 Å². The van der Waals surface area contributed by atoms with Crippen molar-refractivity contribution in [1.82, 2.24) is 4.98 Å². The van der Waals surface area contributed by atoms with Crippen molar-refractivity contribution < 1.29 is 4.74 Å². The number of hydrogen-bond donors (Lipinski definition) is 1. The number of hydrogen-bond acceptors (Lipinski definition) is 3. The summed E-state index contributed by atoms with van der Waals surface area (Å²) in [6.45, 7) is 0.377. The summed E-state index contributed by atoms with van der Waals surface area (Å²) >= 11 is 6.23. The van der Waals surface area contributed by atoms with Crippen LogP contribution in [-0.2, 0) is 19.4 Å². The van der Waals surface area contributed by atoms with Gasteiger partial charge in [-0.2, -0.15) is 0 Å². The van der Waals surface area contributed by atoms with E-state index in [-0.39, 0.29) is 0 Å². The van der Waals surface area contributed by atoms with Crippen LogP contribution in [-0.4, -0.2) is 4.98 Å². The Hall–Kier alpha value is -1.58. The Morgan fingerprint density at radius 3 is 2.75 bits per heavy atom. The molecule has 0 bridgehead atoms. The lowest BCUT2D eigenvalue weighted by atomic mass is 9.92. The minimum Gasteiger partial charge on any atom is -0.438 e. The number of benzene rings is 1. The van der Waals surface area contributed by atoms with Crippen molar-refractivity contribution in [2.24, 2.45) is 5.73 Å². The summed E-state index contributed by atoms with van der Waals surface area (Å²) in [5.41, 5.74) is 9.28. The summed E-state index contributed by atoms with van der Waals surface area (Å²) in [5.74, 6) is 1.21. The number of aromatic nitrogens is 1. The highest BCUT2D eigenvalue weighted by atomic mass is 35.5. The van der Waals surface area contributed by atoms with Gasteiger partial charge in [-0.05, 0) is 60.6 Å². The quantitative estimate of drug-likeness (QED) is 0.933. The molecular formula is C16H17ClN2O. The Morgan fingerprint density at radius 2 is 1.95 bits per heavy atom. The Balaban J connectivity index is 1.88. The molecule has 3 rings (SSSR count). The van der Waals surface area contributed by atoms with Crippen LogP contribution in [0.4, 0.5) is 0 Å². The fourth-order valence-electron chi connectivity index (χ4n) is 2.58. The first kappa shape index (κ1) is 13.4. The first-order valence-electron chi connectivity index (χ1n) is 6.91. The van der Waals surface area contributed by atoms with E-state index in [0.717, 1.165) is 24.2 Å². The number of aryl methyl sites for hydroxylation is 2. The zero-order chi connectivity index (χ0) is 13.9. The lowest BCUT2D eigenvalue weighted by molar-refractivity contribution is 0.461. The number of nitrogens with zero attached hydrogens (tertiary/aromatic N) is 1. The molecule has 2 N–H and O–H groups in total. The fourth-order valence-corrected chi connectivity index (χ4v) is 2.80. The largest absolute Gasteiger partial charge is 0.438 e. The maximum absolute atomic E-state index is 6.23. The van der Waals surface area contributed by atoms with E-state index in [1.165, 1.54) is 24.0 Å². The second-order valence-corrected chi connectivity index (χ2v) is 5.41. The molecule has 3 nitrogen and oxygen atoms in total. The molecule has 0 radical (unpaired) electrons. The highest BCUT2D eigenvalue weighted by Crippen LogP contribution is 2.32. The van der Waals surface area contributed by atoms with Crippen molar-refractivity contribution in [3.05, 3.63) is 52.2 Å². The highest BCUT2D eigenvalue weighted by molar-refractivity contribution is 6.32. The van der Waals surface area contributed by atoms with E-state index in [9.17, 15) is 0 Å². The highest BCUT2D eigenvalue weighted by Gasteiger charge is 2.12. The minimum atomic E-state index is 0.377. The van der Waals surface area contributed by atoms with Crippen molar-refractivity contribution in [1.29, 1.82) is 0 Å². The Bertz CT molecular complexity index is 628. The lowest BCUT2D eigenvalue weighted by Gasteiger charge is -2.17. The molecule has 0 spiro atoms. The first-order chi connectivity index (χ1) is 9.78. The summed E-state index contributed by atoms with van der Waals surface area (Å²) in [5, 5.41) is 0.493. The Labute approximate surface area is 123 Å². The van der Waals surface area contributed by atoms with Gasteiger partial charge >= 0.3 is 0 Å². The van der Waals surface area contributed by atoms with Crippen LogP contribution in [0.25, 0.3) is 0 Å². The second-order valence-electron chi connectivity index (χ2n) is 5.03. The van der Waals surface area contributed by atoms with Crippen LogP contribution in [0, 0.1) is 0 Å². The van der Waals surface area contributed by atoms with Gasteiger partial charge < -0.3 is 10.5 Å². The van der Waals surface area contributed by atoms with Crippen LogP contribution in [0.3, 0.4) is 0 Å². The SMILES string of the molecule is NCc1ccnc(Oc2ccc3c(c2)CCCC3)c1Cl. The maximum Gasteiger partial charge on any atom is 0.238 e. The van der Waals surface area contributed by atoms with Crippen LogP contribution in [0.5, 0.6) is 11.6 Å². The van der Waals surface area contributed by atoms with Crippen LogP contribution >= 0.6 is 11.6 Å².